The first-order chi connectivity index (χ1) is 16.9. The lowest BCUT2D eigenvalue weighted by Crippen LogP contribution is -2.20. The molecule has 0 aliphatic carbocycles. The van der Waals surface area contributed by atoms with Crippen molar-refractivity contribution in [3.63, 3.8) is 0 Å². The molecule has 0 spiro atoms. The van der Waals surface area contributed by atoms with E-state index in [-0.39, 0.29) is 28.2 Å². The Kier molecular flexibility index (Phi) is 6.44. The van der Waals surface area contributed by atoms with E-state index in [4.69, 9.17) is 4.74 Å². The first-order valence-electron chi connectivity index (χ1n) is 9.75. The first-order valence-corrected chi connectivity index (χ1v) is 11.2. The fraction of sp³-hybridized carbons (Fsp3) is 0.143. The van der Waals surface area contributed by atoms with Crippen molar-refractivity contribution in [2.24, 2.45) is 0 Å². The van der Waals surface area contributed by atoms with Crippen LogP contribution in [0.15, 0.2) is 62.9 Å². The maximum absolute atomic E-state index is 15.0. The van der Waals surface area contributed by atoms with Crippen LogP contribution in [-0.4, -0.2) is 31.6 Å². The van der Waals surface area contributed by atoms with Crippen molar-refractivity contribution in [2.45, 2.75) is 17.9 Å². The maximum atomic E-state index is 15.0. The number of benzene rings is 2. The molecule has 4 rings (SSSR count). The molecule has 0 saturated carbocycles. The molecule has 0 aliphatic rings. The van der Waals surface area contributed by atoms with Crippen LogP contribution in [-0.2, 0) is 21.4 Å². The predicted molar refractivity (Wildman–Crippen MR) is 114 cm³/mol. The zero-order chi connectivity index (χ0) is 26.3. The van der Waals surface area contributed by atoms with E-state index in [0.717, 1.165) is 48.3 Å². The highest BCUT2D eigenvalue weighted by Gasteiger charge is 2.30. The van der Waals surface area contributed by atoms with Gasteiger partial charge in [-0.15, -0.1) is 13.2 Å². The van der Waals surface area contributed by atoms with Gasteiger partial charge in [0.15, 0.2) is 5.82 Å². The number of alkyl halides is 3. The van der Waals surface area contributed by atoms with Gasteiger partial charge in [-0.25, -0.2) is 17.2 Å². The van der Waals surface area contributed by atoms with Crippen molar-refractivity contribution in [3.05, 3.63) is 76.3 Å². The van der Waals surface area contributed by atoms with Crippen LogP contribution in [0.1, 0.15) is 5.56 Å². The van der Waals surface area contributed by atoms with E-state index in [1.807, 2.05) is 4.72 Å². The number of ether oxygens (including phenoxy) is 2. The van der Waals surface area contributed by atoms with E-state index < -0.39 is 50.6 Å². The Bertz CT molecular complexity index is 1600. The predicted octanol–water partition coefficient (Wildman–Crippen LogP) is 4.10. The Morgan fingerprint density at radius 3 is 2.47 bits per heavy atom. The van der Waals surface area contributed by atoms with E-state index in [9.17, 15) is 30.8 Å². The lowest BCUT2D eigenvalue weighted by Gasteiger charge is -2.17. The van der Waals surface area contributed by atoms with Crippen LogP contribution in [0.5, 0.6) is 5.75 Å². The van der Waals surface area contributed by atoms with Crippen molar-refractivity contribution in [3.8, 4) is 11.4 Å². The van der Waals surface area contributed by atoms with Crippen LogP contribution in [0.25, 0.3) is 16.6 Å². The summed E-state index contributed by atoms with van der Waals surface area (Å²) in [7, 11) is -3.33. The van der Waals surface area contributed by atoms with E-state index in [1.54, 1.807) is 0 Å². The van der Waals surface area contributed by atoms with Gasteiger partial charge in [-0.1, -0.05) is 5.16 Å². The van der Waals surface area contributed by atoms with Gasteiger partial charge < -0.3 is 9.26 Å². The van der Waals surface area contributed by atoms with Crippen LogP contribution in [0.3, 0.4) is 0 Å². The maximum Gasteiger partial charge on any atom is 0.522 e. The number of hydrogen-bond donors (Lipinski definition) is 1. The van der Waals surface area contributed by atoms with Gasteiger partial charge in [0.05, 0.1) is 24.9 Å². The zero-order valence-corrected chi connectivity index (χ0v) is 18.8. The third-order valence-corrected chi connectivity index (χ3v) is 6.26. The average Bonchev–Trinajstić information content (AvgIpc) is 3.29. The molecule has 0 amide bonds. The second-order valence-electron chi connectivity index (χ2n) is 7.19. The summed E-state index contributed by atoms with van der Waals surface area (Å²) in [6.07, 6.45) is -3.91. The number of rotatable bonds is 7. The van der Waals surface area contributed by atoms with Crippen molar-refractivity contribution >= 4 is 26.7 Å². The Morgan fingerprint density at radius 1 is 1.08 bits per heavy atom. The van der Waals surface area contributed by atoms with Gasteiger partial charge in [-0.05, 0) is 18.2 Å². The molecular formula is C21H14F5N3O6S. The van der Waals surface area contributed by atoms with E-state index >= 15 is 4.39 Å². The minimum Gasteiger partial charge on any atom is -0.495 e. The van der Waals surface area contributed by atoms with Crippen molar-refractivity contribution in [2.75, 3.05) is 11.8 Å². The number of anilines is 1. The third-order valence-electron chi connectivity index (χ3n) is 4.89. The monoisotopic (exact) mass is 531 g/mol. The molecule has 2 aromatic carbocycles. The summed E-state index contributed by atoms with van der Waals surface area (Å²) in [5.41, 5.74) is -1.73. The molecule has 2 heterocycles. The van der Waals surface area contributed by atoms with Crippen LogP contribution in [0, 0.1) is 11.6 Å². The molecule has 0 unspecified atom stereocenters. The van der Waals surface area contributed by atoms with E-state index in [1.165, 1.54) is 12.1 Å². The molecule has 0 bridgehead atoms. The molecule has 4 aromatic rings. The van der Waals surface area contributed by atoms with Crippen LogP contribution < -0.4 is 15.0 Å². The van der Waals surface area contributed by atoms with Gasteiger partial charge in [-0.3, -0.25) is 18.8 Å². The largest absolute Gasteiger partial charge is 0.522 e. The fourth-order valence-corrected chi connectivity index (χ4v) is 4.43. The summed E-state index contributed by atoms with van der Waals surface area (Å²) in [6.45, 7) is -1.16. The van der Waals surface area contributed by atoms with Gasteiger partial charge in [0, 0.05) is 35.2 Å². The second kappa shape index (κ2) is 9.23. The van der Waals surface area contributed by atoms with Crippen molar-refractivity contribution < 1.29 is 44.4 Å². The smallest absolute Gasteiger partial charge is 0.495 e. The number of hydrogen-bond acceptors (Lipinski definition) is 7. The Labute approximate surface area is 198 Å². The summed E-state index contributed by atoms with van der Waals surface area (Å²) < 4.78 is 108. The quantitative estimate of drug-likeness (QED) is 0.357. The molecule has 190 valence electrons. The van der Waals surface area contributed by atoms with E-state index in [2.05, 4.69) is 14.4 Å². The van der Waals surface area contributed by atoms with Gasteiger partial charge >= 0.3 is 6.36 Å². The first kappa shape index (κ1) is 25.1. The molecule has 15 heteroatoms. The van der Waals surface area contributed by atoms with E-state index in [0.29, 0.717) is 0 Å². The van der Waals surface area contributed by atoms with Crippen LogP contribution in [0.2, 0.25) is 0 Å². The number of sulfonamides is 1. The Balaban J connectivity index is 1.85. The molecule has 0 aliphatic heterocycles. The van der Waals surface area contributed by atoms with Crippen LogP contribution in [0.4, 0.5) is 27.8 Å². The number of fused-ring (bicyclic) bond motifs is 1. The van der Waals surface area contributed by atoms with Crippen LogP contribution >= 0.6 is 0 Å². The average molecular weight is 531 g/mol. The molecule has 9 nitrogen and oxygen atoms in total. The standard InChI is InChI=1S/C21H14F5N3O6S/c1-33-17-6-12(10-34-21(24,25)26)13(22)8-16(17)29-15-9-14(23)18(7-11(15)2-3-20(29)30)36(31,32)28-19-4-5-35-27-19/h2-9H,10H2,1H3,(H,27,28). The summed E-state index contributed by atoms with van der Waals surface area (Å²) in [5, 5.41) is 3.45. The lowest BCUT2D eigenvalue weighted by molar-refractivity contribution is -0.330. The van der Waals surface area contributed by atoms with Gasteiger partial charge in [0.2, 0.25) is 0 Å². The van der Waals surface area contributed by atoms with Gasteiger partial charge in [0.1, 0.15) is 28.5 Å². The number of aromatic nitrogens is 2. The minimum absolute atomic E-state index is 0.0588. The summed E-state index contributed by atoms with van der Waals surface area (Å²) in [5.74, 6) is -2.84. The molecule has 0 radical (unpaired) electrons. The SMILES string of the molecule is COc1cc(COC(F)(F)F)c(F)cc1-n1c(=O)ccc2cc(S(=O)(=O)Nc3ccon3)c(F)cc21. The molecule has 2 aromatic heterocycles. The fourth-order valence-electron chi connectivity index (χ4n) is 3.35. The highest BCUT2D eigenvalue weighted by Crippen LogP contribution is 2.31. The number of nitrogens with one attached hydrogen (secondary N) is 1. The molecule has 1 N–H and O–H groups in total. The Hall–Kier alpha value is -3.98. The number of methoxy groups -OCH3 is 1. The van der Waals surface area contributed by atoms with Crippen molar-refractivity contribution in [1.82, 2.24) is 9.72 Å². The van der Waals surface area contributed by atoms with Gasteiger partial charge in [-0.2, -0.15) is 0 Å². The highest BCUT2D eigenvalue weighted by molar-refractivity contribution is 7.92. The molecule has 0 fully saturated rings. The number of pyridine rings is 1. The topological polar surface area (TPSA) is 113 Å². The summed E-state index contributed by atoms with van der Waals surface area (Å²) in [4.78, 5) is 11.9. The lowest BCUT2D eigenvalue weighted by atomic mass is 10.1. The summed E-state index contributed by atoms with van der Waals surface area (Å²) >= 11 is 0. The normalized spacial score (nSPS) is 12.2. The number of halogens is 5. The molecular weight excluding hydrogens is 517 g/mol. The second-order valence-corrected chi connectivity index (χ2v) is 8.84. The molecule has 0 saturated heterocycles. The van der Waals surface area contributed by atoms with Crippen molar-refractivity contribution in [1.29, 1.82) is 0 Å². The highest BCUT2D eigenvalue weighted by atomic mass is 32.2. The zero-order valence-electron chi connectivity index (χ0n) is 18.0. The summed E-state index contributed by atoms with van der Waals surface area (Å²) in [6, 6.07) is 6.74. The number of nitrogens with zero attached hydrogens (tertiary/aromatic N) is 2. The molecule has 36 heavy (non-hydrogen) atoms. The van der Waals surface area contributed by atoms with Gasteiger partial charge in [0.25, 0.3) is 15.6 Å². The molecule has 0 atom stereocenters. The third kappa shape index (κ3) is 5.01. The minimum atomic E-state index is -5.01. The Morgan fingerprint density at radius 2 is 1.83 bits per heavy atom.